The molecule has 2 nitrogen and oxygen atoms in total. The van der Waals surface area contributed by atoms with Gasteiger partial charge in [0.05, 0.1) is 0 Å². The Labute approximate surface area is 156 Å². The third kappa shape index (κ3) is 2.51. The minimum atomic E-state index is -2.88. The van der Waals surface area contributed by atoms with Crippen molar-refractivity contribution in [3.8, 4) is 0 Å². The summed E-state index contributed by atoms with van der Waals surface area (Å²) in [4.78, 5) is 25.2. The van der Waals surface area contributed by atoms with Crippen LogP contribution in [0.2, 0.25) is 11.5 Å². The van der Waals surface area contributed by atoms with E-state index in [9.17, 15) is 9.59 Å². The maximum absolute atomic E-state index is 11.8. The number of rotatable bonds is 4. The first-order chi connectivity index (χ1) is 12.1. The molecule has 0 spiro atoms. The number of fused-ring (bicyclic) bond motifs is 2. The second kappa shape index (κ2) is 6.20. The second-order valence-electron chi connectivity index (χ2n) is 6.54. The summed E-state index contributed by atoms with van der Waals surface area (Å²) in [5.74, 6) is 4.59. The molecule has 2 heterocycles. The van der Waals surface area contributed by atoms with Crippen molar-refractivity contribution in [2.75, 3.05) is 0 Å². The van der Waals surface area contributed by atoms with Gasteiger partial charge in [-0.25, -0.2) is 0 Å². The summed E-state index contributed by atoms with van der Waals surface area (Å²) in [5, 5.41) is 2.35. The summed E-state index contributed by atoms with van der Waals surface area (Å²) in [5.41, 5.74) is 0. The molecule has 0 saturated carbocycles. The molecule has 0 N–H and O–H groups in total. The van der Waals surface area contributed by atoms with Crippen LogP contribution in [0.4, 0.5) is 0 Å². The Morgan fingerprint density at radius 3 is 1.52 bits per heavy atom. The van der Waals surface area contributed by atoms with Crippen molar-refractivity contribution in [2.45, 2.75) is 11.5 Å². The molecular formula is C20H16GeO2S2. The maximum atomic E-state index is 11.8. The summed E-state index contributed by atoms with van der Waals surface area (Å²) in [6.45, 7) is 0. The Balaban J connectivity index is 2.10. The van der Waals surface area contributed by atoms with E-state index in [4.69, 9.17) is 0 Å². The Bertz CT molecular complexity index is 1030. The van der Waals surface area contributed by atoms with Gasteiger partial charge < -0.3 is 0 Å². The average Bonchev–Trinajstić information content (AvgIpc) is 3.20. The van der Waals surface area contributed by atoms with Gasteiger partial charge in [0.2, 0.25) is 0 Å². The van der Waals surface area contributed by atoms with Crippen LogP contribution < -0.4 is 8.79 Å². The molecule has 4 aromatic rings. The van der Waals surface area contributed by atoms with Crippen LogP contribution in [0.15, 0.2) is 48.5 Å². The van der Waals surface area contributed by atoms with Crippen LogP contribution in [0.5, 0.6) is 0 Å². The zero-order valence-corrected chi connectivity index (χ0v) is 17.6. The molecule has 0 saturated heterocycles. The molecule has 124 valence electrons. The normalized spacial score (nSPS) is 11.9. The van der Waals surface area contributed by atoms with E-state index in [0.717, 1.165) is 31.7 Å². The summed E-state index contributed by atoms with van der Waals surface area (Å²) >= 11 is 0.239. The molecule has 0 radical (unpaired) electrons. The first-order valence-electron chi connectivity index (χ1n) is 8.02. The molecule has 0 aliphatic rings. The molecule has 0 amide bonds. The van der Waals surface area contributed by atoms with E-state index in [0.29, 0.717) is 0 Å². The second-order valence-corrected chi connectivity index (χ2v) is 17.6. The Kier molecular flexibility index (Phi) is 4.14. The van der Waals surface area contributed by atoms with Crippen LogP contribution >= 0.6 is 22.7 Å². The van der Waals surface area contributed by atoms with Crippen molar-refractivity contribution in [3.05, 3.63) is 58.3 Å². The zero-order chi connectivity index (χ0) is 17.6. The molecule has 4 rings (SSSR count). The number of carbonyl (C=O) groups excluding carboxylic acids is 2. The van der Waals surface area contributed by atoms with Crippen molar-refractivity contribution < 1.29 is 9.59 Å². The number of hydrogen-bond acceptors (Lipinski definition) is 4. The molecular weight excluding hydrogens is 409 g/mol. The summed E-state index contributed by atoms with van der Waals surface area (Å²) in [6.07, 6.45) is 1.98. The van der Waals surface area contributed by atoms with Crippen LogP contribution in [0, 0.1) is 0 Å². The van der Waals surface area contributed by atoms with Gasteiger partial charge in [0.15, 0.2) is 0 Å². The van der Waals surface area contributed by atoms with E-state index in [1.807, 2.05) is 24.3 Å². The fourth-order valence-corrected chi connectivity index (χ4v) is 16.3. The predicted octanol–water partition coefficient (Wildman–Crippen LogP) is 4.56. The predicted molar refractivity (Wildman–Crippen MR) is 111 cm³/mol. The van der Waals surface area contributed by atoms with E-state index >= 15 is 0 Å². The Morgan fingerprint density at radius 1 is 0.720 bits per heavy atom. The van der Waals surface area contributed by atoms with Gasteiger partial charge in [0.25, 0.3) is 0 Å². The van der Waals surface area contributed by atoms with Gasteiger partial charge in [0, 0.05) is 0 Å². The third-order valence-electron chi connectivity index (χ3n) is 4.71. The molecule has 0 aliphatic carbocycles. The van der Waals surface area contributed by atoms with Gasteiger partial charge in [-0.1, -0.05) is 0 Å². The summed E-state index contributed by atoms with van der Waals surface area (Å²) < 4.78 is 4.68. The van der Waals surface area contributed by atoms with Crippen molar-refractivity contribution in [3.63, 3.8) is 0 Å². The van der Waals surface area contributed by atoms with E-state index in [1.54, 1.807) is 22.7 Å². The number of hydrogen-bond donors (Lipinski definition) is 0. The first-order valence-corrected chi connectivity index (χ1v) is 15.9. The van der Waals surface area contributed by atoms with E-state index in [1.165, 1.54) is 19.6 Å². The van der Waals surface area contributed by atoms with Gasteiger partial charge in [-0.3, -0.25) is 0 Å². The van der Waals surface area contributed by atoms with Crippen molar-refractivity contribution in [2.24, 2.45) is 0 Å². The van der Waals surface area contributed by atoms with E-state index in [2.05, 4.69) is 35.8 Å². The fourth-order valence-electron chi connectivity index (χ4n) is 3.71. The molecule has 0 atom stereocenters. The Morgan fingerprint density at radius 2 is 1.12 bits per heavy atom. The number of thiophene rings is 2. The van der Waals surface area contributed by atoms with Crippen molar-refractivity contribution >= 4 is 77.5 Å². The van der Waals surface area contributed by atoms with Crippen molar-refractivity contribution in [1.29, 1.82) is 0 Å². The summed E-state index contributed by atoms with van der Waals surface area (Å²) in [6, 6.07) is 16.4. The van der Waals surface area contributed by atoms with Crippen LogP contribution in [0.3, 0.4) is 0 Å². The molecule has 0 unspecified atom stereocenters. The van der Waals surface area contributed by atoms with Crippen LogP contribution in [-0.4, -0.2) is 25.8 Å². The molecule has 2 aromatic carbocycles. The molecule has 2 aromatic heterocycles. The molecule has 0 bridgehead atoms. The van der Waals surface area contributed by atoms with Crippen LogP contribution in [-0.2, 0) is 0 Å². The topological polar surface area (TPSA) is 34.1 Å². The van der Waals surface area contributed by atoms with Gasteiger partial charge in [0.1, 0.15) is 0 Å². The van der Waals surface area contributed by atoms with Gasteiger partial charge in [-0.15, -0.1) is 0 Å². The average molecular weight is 425 g/mol. The molecule has 0 fully saturated rings. The van der Waals surface area contributed by atoms with Gasteiger partial charge in [-0.05, 0) is 0 Å². The fraction of sp³-hybridized carbons (Fsp3) is 0.100. The van der Waals surface area contributed by atoms with Crippen molar-refractivity contribution in [1.82, 2.24) is 0 Å². The van der Waals surface area contributed by atoms with Crippen LogP contribution in [0.1, 0.15) is 19.3 Å². The number of aldehydes is 2. The minimum absolute atomic E-state index is 0.818. The zero-order valence-electron chi connectivity index (χ0n) is 13.9. The number of benzene rings is 2. The van der Waals surface area contributed by atoms with E-state index < -0.39 is 13.3 Å². The molecule has 5 heteroatoms. The molecule has 25 heavy (non-hydrogen) atoms. The third-order valence-corrected chi connectivity index (χ3v) is 15.2. The van der Waals surface area contributed by atoms with E-state index in [-0.39, 0.29) is 0 Å². The standard InChI is InChI=1S/C20H16GeO2S2/c1-21(2,19-13-7-3-5-9-15(13)24-17(19)11-22)20-14-8-4-6-10-16(14)25-18(20)12-23/h3-12H,1-2H3. The van der Waals surface area contributed by atoms with Crippen LogP contribution in [0.25, 0.3) is 20.2 Å². The summed E-state index contributed by atoms with van der Waals surface area (Å²) in [7, 11) is 0. The monoisotopic (exact) mass is 426 g/mol. The van der Waals surface area contributed by atoms with Gasteiger partial charge in [-0.2, -0.15) is 0 Å². The quantitative estimate of drug-likeness (QED) is 0.355. The van der Waals surface area contributed by atoms with Gasteiger partial charge >= 0.3 is 157 Å². The first kappa shape index (κ1) is 16.7. The molecule has 0 aliphatic heterocycles. The number of carbonyl (C=O) groups is 2. The SMILES string of the molecule is [CH3][Ge]([CH3])([c]1c(C=O)sc2ccccc12)[c]1c(C=O)sc2ccccc12. The Hall–Kier alpha value is -1.76.